The second-order valence-electron chi connectivity index (χ2n) is 5.07. The molecule has 0 aromatic heterocycles. The van der Waals surface area contributed by atoms with Gasteiger partial charge in [-0.3, -0.25) is 0 Å². The van der Waals surface area contributed by atoms with E-state index in [1.807, 2.05) is 24.3 Å². The van der Waals surface area contributed by atoms with Crippen molar-refractivity contribution in [2.24, 2.45) is 0 Å². The quantitative estimate of drug-likeness (QED) is 0.784. The molecule has 0 amide bonds. The molecule has 0 aliphatic heterocycles. The molecule has 0 saturated heterocycles. The fraction of sp³-hybridized carbons (Fsp3) is 0.250. The Kier molecular flexibility index (Phi) is 3.81. The molecule has 1 N–H and O–H groups in total. The zero-order valence-corrected chi connectivity index (χ0v) is 12.8. The summed E-state index contributed by atoms with van der Waals surface area (Å²) in [5, 5.41) is 4.33. The van der Waals surface area contributed by atoms with Gasteiger partial charge in [0.25, 0.3) is 0 Å². The van der Waals surface area contributed by atoms with Gasteiger partial charge in [0, 0.05) is 21.2 Å². The Morgan fingerprint density at radius 3 is 2.21 bits per heavy atom. The average Bonchev–Trinajstić information content (AvgIpc) is 2.37. The molecule has 1 saturated carbocycles. The Hall–Kier alpha value is -0.990. The lowest BCUT2D eigenvalue weighted by atomic mass is 9.76. The largest absolute Gasteiger partial charge is 0.382 e. The number of benzene rings is 2. The summed E-state index contributed by atoms with van der Waals surface area (Å²) in [5.74, 6) is 0.693. The lowest BCUT2D eigenvalue weighted by Gasteiger charge is -2.37. The van der Waals surface area contributed by atoms with Gasteiger partial charge >= 0.3 is 0 Å². The van der Waals surface area contributed by atoms with Gasteiger partial charge < -0.3 is 5.32 Å². The van der Waals surface area contributed by atoms with Crippen LogP contribution in [0.2, 0.25) is 5.02 Å². The highest BCUT2D eigenvalue weighted by Crippen LogP contribution is 2.38. The molecular formula is C16H15BrClN. The van der Waals surface area contributed by atoms with Crippen molar-refractivity contribution in [2.45, 2.75) is 24.8 Å². The SMILES string of the molecule is Clc1ccc(NC2CC(c3ccc(Br)cc3)C2)cc1. The van der Waals surface area contributed by atoms with Crippen LogP contribution in [-0.4, -0.2) is 6.04 Å². The predicted octanol–water partition coefficient (Wildman–Crippen LogP) is 5.46. The maximum Gasteiger partial charge on any atom is 0.0407 e. The molecule has 0 atom stereocenters. The summed E-state index contributed by atoms with van der Waals surface area (Å²) in [5.41, 5.74) is 2.60. The van der Waals surface area contributed by atoms with Gasteiger partial charge in [0.1, 0.15) is 0 Å². The van der Waals surface area contributed by atoms with E-state index in [0.717, 1.165) is 15.2 Å². The molecule has 1 nitrogen and oxygen atoms in total. The second-order valence-corrected chi connectivity index (χ2v) is 6.42. The van der Waals surface area contributed by atoms with Crippen molar-refractivity contribution in [3.05, 3.63) is 63.6 Å². The summed E-state index contributed by atoms with van der Waals surface area (Å²) in [6, 6.07) is 17.2. The molecule has 0 bridgehead atoms. The fourth-order valence-electron chi connectivity index (χ4n) is 2.52. The molecule has 0 heterocycles. The monoisotopic (exact) mass is 335 g/mol. The van der Waals surface area contributed by atoms with Gasteiger partial charge in [0.05, 0.1) is 0 Å². The molecule has 0 spiro atoms. The first-order valence-electron chi connectivity index (χ1n) is 6.48. The van der Waals surface area contributed by atoms with Crippen LogP contribution in [0.3, 0.4) is 0 Å². The third-order valence-electron chi connectivity index (χ3n) is 3.69. The van der Waals surface area contributed by atoms with E-state index in [-0.39, 0.29) is 0 Å². The van der Waals surface area contributed by atoms with E-state index in [1.54, 1.807) is 0 Å². The molecule has 3 heteroatoms. The van der Waals surface area contributed by atoms with Gasteiger partial charge in [-0.25, -0.2) is 0 Å². The third kappa shape index (κ3) is 3.13. The summed E-state index contributed by atoms with van der Waals surface area (Å²) in [6.07, 6.45) is 2.40. The second kappa shape index (κ2) is 5.56. The van der Waals surface area contributed by atoms with Crippen molar-refractivity contribution >= 4 is 33.2 Å². The van der Waals surface area contributed by atoms with E-state index in [1.165, 1.54) is 18.4 Å². The molecule has 0 radical (unpaired) electrons. The molecule has 98 valence electrons. The van der Waals surface area contributed by atoms with Gasteiger partial charge in [-0.1, -0.05) is 39.7 Å². The first kappa shape index (κ1) is 13.0. The standard InChI is InChI=1S/C16H15BrClN/c17-13-3-1-11(2-4-13)12-9-16(10-12)19-15-7-5-14(18)6-8-15/h1-8,12,16,19H,9-10H2. The van der Waals surface area contributed by atoms with Gasteiger partial charge in [-0.05, 0) is 60.7 Å². The Bertz CT molecular complexity index is 544. The topological polar surface area (TPSA) is 12.0 Å². The first-order valence-corrected chi connectivity index (χ1v) is 7.65. The van der Waals surface area contributed by atoms with Crippen LogP contribution in [0.1, 0.15) is 24.3 Å². The Morgan fingerprint density at radius 2 is 1.58 bits per heavy atom. The number of hydrogen-bond donors (Lipinski definition) is 1. The number of rotatable bonds is 3. The molecule has 1 aliphatic carbocycles. The number of hydrogen-bond acceptors (Lipinski definition) is 1. The van der Waals surface area contributed by atoms with Crippen molar-refractivity contribution in [3.63, 3.8) is 0 Å². The lowest BCUT2D eigenvalue weighted by Crippen LogP contribution is -2.33. The van der Waals surface area contributed by atoms with Crippen molar-refractivity contribution in [1.29, 1.82) is 0 Å². The number of halogens is 2. The van der Waals surface area contributed by atoms with E-state index in [4.69, 9.17) is 11.6 Å². The molecule has 1 aliphatic rings. The van der Waals surface area contributed by atoms with Crippen LogP contribution in [0, 0.1) is 0 Å². The van der Waals surface area contributed by atoms with Gasteiger partial charge in [-0.2, -0.15) is 0 Å². The summed E-state index contributed by atoms with van der Waals surface area (Å²) >= 11 is 9.35. The highest BCUT2D eigenvalue weighted by atomic mass is 79.9. The average molecular weight is 337 g/mol. The van der Waals surface area contributed by atoms with Gasteiger partial charge in [-0.15, -0.1) is 0 Å². The summed E-state index contributed by atoms with van der Waals surface area (Å²) in [4.78, 5) is 0. The molecule has 19 heavy (non-hydrogen) atoms. The van der Waals surface area contributed by atoms with Crippen LogP contribution < -0.4 is 5.32 Å². The zero-order chi connectivity index (χ0) is 13.2. The molecule has 0 unspecified atom stereocenters. The van der Waals surface area contributed by atoms with E-state index in [0.29, 0.717) is 12.0 Å². The maximum atomic E-state index is 5.88. The molecular weight excluding hydrogens is 322 g/mol. The summed E-state index contributed by atoms with van der Waals surface area (Å²) in [7, 11) is 0. The van der Waals surface area contributed by atoms with Crippen LogP contribution in [0.25, 0.3) is 0 Å². The minimum atomic E-state index is 0.579. The zero-order valence-electron chi connectivity index (χ0n) is 10.4. The van der Waals surface area contributed by atoms with E-state index in [2.05, 4.69) is 45.5 Å². The van der Waals surface area contributed by atoms with E-state index < -0.39 is 0 Å². The van der Waals surface area contributed by atoms with Crippen LogP contribution in [0.5, 0.6) is 0 Å². The minimum absolute atomic E-state index is 0.579. The summed E-state index contributed by atoms with van der Waals surface area (Å²) < 4.78 is 1.14. The smallest absolute Gasteiger partial charge is 0.0407 e. The molecule has 2 aromatic rings. The van der Waals surface area contributed by atoms with Crippen molar-refractivity contribution in [2.75, 3.05) is 5.32 Å². The van der Waals surface area contributed by atoms with E-state index >= 15 is 0 Å². The third-order valence-corrected chi connectivity index (χ3v) is 4.48. The maximum absolute atomic E-state index is 5.88. The highest BCUT2D eigenvalue weighted by molar-refractivity contribution is 9.10. The number of nitrogens with one attached hydrogen (secondary N) is 1. The predicted molar refractivity (Wildman–Crippen MR) is 85.0 cm³/mol. The summed E-state index contributed by atoms with van der Waals surface area (Å²) in [6.45, 7) is 0. The number of anilines is 1. The Balaban J connectivity index is 1.55. The molecule has 2 aromatic carbocycles. The Labute approximate surface area is 127 Å². The normalized spacial score (nSPS) is 21.8. The lowest BCUT2D eigenvalue weighted by molar-refractivity contribution is 0.374. The van der Waals surface area contributed by atoms with Crippen LogP contribution in [-0.2, 0) is 0 Å². The van der Waals surface area contributed by atoms with Crippen molar-refractivity contribution in [1.82, 2.24) is 0 Å². The molecule has 3 rings (SSSR count). The van der Waals surface area contributed by atoms with E-state index in [9.17, 15) is 0 Å². The van der Waals surface area contributed by atoms with Crippen LogP contribution >= 0.6 is 27.5 Å². The van der Waals surface area contributed by atoms with Crippen molar-refractivity contribution in [3.8, 4) is 0 Å². The van der Waals surface area contributed by atoms with Gasteiger partial charge in [0.2, 0.25) is 0 Å². The van der Waals surface area contributed by atoms with Crippen molar-refractivity contribution < 1.29 is 0 Å². The van der Waals surface area contributed by atoms with Gasteiger partial charge in [0.15, 0.2) is 0 Å². The fourth-order valence-corrected chi connectivity index (χ4v) is 2.91. The first-order chi connectivity index (χ1) is 9.20. The Morgan fingerprint density at radius 1 is 0.947 bits per heavy atom. The molecule has 1 fully saturated rings. The van der Waals surface area contributed by atoms with Crippen LogP contribution in [0.15, 0.2) is 53.0 Å². The minimum Gasteiger partial charge on any atom is -0.382 e. The van der Waals surface area contributed by atoms with Crippen LogP contribution in [0.4, 0.5) is 5.69 Å². The highest BCUT2D eigenvalue weighted by Gasteiger charge is 2.29.